The zero-order chi connectivity index (χ0) is 23.4. The van der Waals surface area contributed by atoms with Gasteiger partial charge in [0.05, 0.1) is 32.7 Å². The minimum absolute atomic E-state index is 0.267. The highest BCUT2D eigenvalue weighted by Crippen LogP contribution is 2.38. The van der Waals surface area contributed by atoms with Gasteiger partial charge in [-0.3, -0.25) is 4.79 Å². The SMILES string of the molecule is COc1cc(/C=C/C(=O)Nc2ccccc2-c2cn3cccc(C)c3n2)cc(OC)c1OC. The van der Waals surface area contributed by atoms with E-state index in [2.05, 4.69) is 5.32 Å². The van der Waals surface area contributed by atoms with E-state index in [1.54, 1.807) is 39.5 Å². The number of nitrogens with one attached hydrogen (secondary N) is 1. The number of aryl methyl sites for hydroxylation is 1. The molecule has 33 heavy (non-hydrogen) atoms. The molecule has 0 radical (unpaired) electrons. The van der Waals surface area contributed by atoms with E-state index in [-0.39, 0.29) is 5.91 Å². The molecule has 0 saturated carbocycles. The third-order valence-electron chi connectivity index (χ3n) is 5.25. The Morgan fingerprint density at radius 2 is 1.73 bits per heavy atom. The molecule has 1 N–H and O–H groups in total. The monoisotopic (exact) mass is 443 g/mol. The van der Waals surface area contributed by atoms with Crippen molar-refractivity contribution >= 4 is 23.3 Å². The lowest BCUT2D eigenvalue weighted by Gasteiger charge is -2.12. The van der Waals surface area contributed by atoms with Gasteiger partial charge < -0.3 is 23.9 Å². The number of imidazole rings is 1. The molecule has 0 aliphatic carbocycles. The number of aromatic nitrogens is 2. The number of methoxy groups -OCH3 is 3. The number of nitrogens with zero attached hydrogens (tertiary/aromatic N) is 2. The van der Waals surface area contributed by atoms with E-state index < -0.39 is 0 Å². The van der Waals surface area contributed by atoms with Gasteiger partial charge in [0.25, 0.3) is 0 Å². The van der Waals surface area contributed by atoms with Crippen LogP contribution < -0.4 is 19.5 Å². The third-order valence-corrected chi connectivity index (χ3v) is 5.25. The van der Waals surface area contributed by atoms with Gasteiger partial charge in [-0.15, -0.1) is 0 Å². The van der Waals surface area contributed by atoms with E-state index in [0.717, 1.165) is 28.0 Å². The van der Waals surface area contributed by atoms with Crippen LogP contribution in [-0.2, 0) is 4.79 Å². The van der Waals surface area contributed by atoms with Crippen LogP contribution in [0, 0.1) is 6.92 Å². The summed E-state index contributed by atoms with van der Waals surface area (Å²) in [6.45, 7) is 2.02. The Morgan fingerprint density at radius 3 is 2.39 bits per heavy atom. The number of carbonyl (C=O) groups excluding carboxylic acids is 1. The molecule has 2 heterocycles. The smallest absolute Gasteiger partial charge is 0.248 e. The summed E-state index contributed by atoms with van der Waals surface area (Å²) in [6.07, 6.45) is 7.07. The van der Waals surface area contributed by atoms with Gasteiger partial charge in [-0.2, -0.15) is 0 Å². The molecule has 4 rings (SSSR count). The van der Waals surface area contributed by atoms with Crippen LogP contribution in [0.1, 0.15) is 11.1 Å². The van der Waals surface area contributed by atoms with E-state index in [4.69, 9.17) is 19.2 Å². The first-order chi connectivity index (χ1) is 16.0. The average Bonchev–Trinajstić information content (AvgIpc) is 3.28. The molecule has 4 aromatic rings. The Balaban J connectivity index is 1.59. The Labute approximate surface area is 192 Å². The van der Waals surface area contributed by atoms with Gasteiger partial charge in [0.2, 0.25) is 11.7 Å². The Kier molecular flexibility index (Phi) is 6.31. The first-order valence-corrected chi connectivity index (χ1v) is 10.4. The first-order valence-electron chi connectivity index (χ1n) is 10.4. The Bertz CT molecular complexity index is 1320. The van der Waals surface area contributed by atoms with Crippen molar-refractivity contribution in [3.05, 3.63) is 78.1 Å². The van der Waals surface area contributed by atoms with Crippen LogP contribution in [0.15, 0.2) is 67.0 Å². The molecule has 1 amide bonds. The second-order valence-electron chi connectivity index (χ2n) is 7.38. The van der Waals surface area contributed by atoms with Crippen molar-refractivity contribution in [1.82, 2.24) is 9.38 Å². The number of amides is 1. The maximum absolute atomic E-state index is 12.7. The summed E-state index contributed by atoms with van der Waals surface area (Å²) < 4.78 is 18.1. The Morgan fingerprint density at radius 1 is 1.00 bits per heavy atom. The normalized spacial score (nSPS) is 11.0. The summed E-state index contributed by atoms with van der Waals surface area (Å²) in [6, 6.07) is 15.2. The lowest BCUT2D eigenvalue weighted by Crippen LogP contribution is -2.08. The summed E-state index contributed by atoms with van der Waals surface area (Å²) in [5.41, 5.74) is 5.01. The fraction of sp³-hybridized carbons (Fsp3) is 0.154. The van der Waals surface area contributed by atoms with Gasteiger partial charge in [0, 0.05) is 24.0 Å². The Hall–Kier alpha value is -4.26. The molecule has 168 valence electrons. The molecule has 0 fully saturated rings. The van der Waals surface area contributed by atoms with Crippen molar-refractivity contribution in [2.45, 2.75) is 6.92 Å². The number of hydrogen-bond donors (Lipinski definition) is 1. The fourth-order valence-corrected chi connectivity index (χ4v) is 3.64. The van der Waals surface area contributed by atoms with Crippen LogP contribution >= 0.6 is 0 Å². The van der Waals surface area contributed by atoms with Gasteiger partial charge in [0.15, 0.2) is 11.5 Å². The largest absolute Gasteiger partial charge is 0.493 e. The number of fused-ring (bicyclic) bond motifs is 1. The summed E-state index contributed by atoms with van der Waals surface area (Å²) in [7, 11) is 4.65. The molecule has 2 aromatic carbocycles. The molecular weight excluding hydrogens is 418 g/mol. The predicted molar refractivity (Wildman–Crippen MR) is 129 cm³/mol. The van der Waals surface area contributed by atoms with E-state index >= 15 is 0 Å². The maximum Gasteiger partial charge on any atom is 0.248 e. The number of ether oxygens (including phenoxy) is 3. The van der Waals surface area contributed by atoms with Crippen molar-refractivity contribution in [1.29, 1.82) is 0 Å². The number of benzene rings is 2. The summed E-state index contributed by atoms with van der Waals surface area (Å²) in [5, 5.41) is 2.96. The standard InChI is InChI=1S/C26H25N3O4/c1-17-8-7-13-29-16-21(28-26(17)29)19-9-5-6-10-20(19)27-24(30)12-11-18-14-22(31-2)25(33-4)23(15-18)32-3/h5-16H,1-4H3,(H,27,30)/b12-11+. The molecule has 7 heteroatoms. The molecule has 0 bridgehead atoms. The molecule has 0 unspecified atom stereocenters. The number of anilines is 1. The molecule has 2 aromatic heterocycles. The van der Waals surface area contributed by atoms with E-state index in [1.807, 2.05) is 60.1 Å². The number of carbonyl (C=O) groups is 1. The van der Waals surface area contributed by atoms with Crippen LogP contribution in [-0.4, -0.2) is 36.6 Å². The van der Waals surface area contributed by atoms with Crippen molar-refractivity contribution < 1.29 is 19.0 Å². The predicted octanol–water partition coefficient (Wildman–Crippen LogP) is 4.99. The summed E-state index contributed by atoms with van der Waals surface area (Å²) in [5.74, 6) is 1.27. The third kappa shape index (κ3) is 4.52. The van der Waals surface area contributed by atoms with Gasteiger partial charge in [0.1, 0.15) is 5.65 Å². The van der Waals surface area contributed by atoms with Crippen LogP contribution in [0.3, 0.4) is 0 Å². The van der Waals surface area contributed by atoms with E-state index in [1.165, 1.54) is 6.08 Å². The molecule has 0 atom stereocenters. The molecule has 0 aliphatic rings. The second kappa shape index (κ2) is 9.48. The van der Waals surface area contributed by atoms with Crippen molar-refractivity contribution in [3.8, 4) is 28.5 Å². The highest BCUT2D eigenvalue weighted by molar-refractivity contribution is 6.04. The van der Waals surface area contributed by atoms with E-state index in [0.29, 0.717) is 22.9 Å². The van der Waals surface area contributed by atoms with E-state index in [9.17, 15) is 4.79 Å². The molecule has 0 spiro atoms. The van der Waals surface area contributed by atoms with Gasteiger partial charge >= 0.3 is 0 Å². The molecular formula is C26H25N3O4. The van der Waals surface area contributed by atoms with Gasteiger partial charge in [-0.25, -0.2) is 4.98 Å². The highest BCUT2D eigenvalue weighted by Gasteiger charge is 2.13. The molecule has 0 aliphatic heterocycles. The summed E-state index contributed by atoms with van der Waals surface area (Å²) in [4.78, 5) is 17.5. The first kappa shape index (κ1) is 22.0. The van der Waals surface area contributed by atoms with Crippen molar-refractivity contribution in [2.75, 3.05) is 26.6 Å². The van der Waals surface area contributed by atoms with Gasteiger partial charge in [-0.05, 0) is 48.4 Å². The minimum Gasteiger partial charge on any atom is -0.493 e. The lowest BCUT2D eigenvalue weighted by molar-refractivity contribution is -0.111. The number of rotatable bonds is 7. The topological polar surface area (TPSA) is 74.1 Å². The van der Waals surface area contributed by atoms with Crippen molar-refractivity contribution in [3.63, 3.8) is 0 Å². The van der Waals surface area contributed by atoms with Crippen LogP contribution in [0.25, 0.3) is 23.0 Å². The van der Waals surface area contributed by atoms with Crippen molar-refractivity contribution in [2.24, 2.45) is 0 Å². The average molecular weight is 444 g/mol. The molecule has 7 nitrogen and oxygen atoms in total. The fourth-order valence-electron chi connectivity index (χ4n) is 3.64. The number of para-hydroxylation sites is 1. The maximum atomic E-state index is 12.7. The van der Waals surface area contributed by atoms with Crippen LogP contribution in [0.5, 0.6) is 17.2 Å². The quantitative estimate of drug-likeness (QED) is 0.408. The zero-order valence-corrected chi connectivity index (χ0v) is 19.0. The zero-order valence-electron chi connectivity index (χ0n) is 19.0. The van der Waals surface area contributed by atoms with Crippen LogP contribution in [0.4, 0.5) is 5.69 Å². The summed E-state index contributed by atoms with van der Waals surface area (Å²) >= 11 is 0. The minimum atomic E-state index is -0.267. The second-order valence-corrected chi connectivity index (χ2v) is 7.38. The van der Waals surface area contributed by atoms with Gasteiger partial charge in [-0.1, -0.05) is 24.3 Å². The van der Waals surface area contributed by atoms with Crippen LogP contribution in [0.2, 0.25) is 0 Å². The number of pyridine rings is 1. The lowest BCUT2D eigenvalue weighted by atomic mass is 10.1. The number of hydrogen-bond acceptors (Lipinski definition) is 5. The highest BCUT2D eigenvalue weighted by atomic mass is 16.5. The molecule has 0 saturated heterocycles.